The molecule has 2 fully saturated rings. The van der Waals surface area contributed by atoms with Crippen LogP contribution < -0.4 is 14.2 Å². The van der Waals surface area contributed by atoms with Crippen molar-refractivity contribution < 1.29 is 34.0 Å². The van der Waals surface area contributed by atoms with Gasteiger partial charge in [-0.2, -0.15) is 5.26 Å². The molecule has 0 radical (unpaired) electrons. The molecule has 0 spiro atoms. The smallest absolute Gasteiger partial charge is 0.320 e. The molecule has 57 heavy (non-hydrogen) atoms. The number of nitrogens with zero attached hydrogens (tertiary/aromatic N) is 4. The predicted molar refractivity (Wildman–Crippen MR) is 218 cm³/mol. The van der Waals surface area contributed by atoms with Crippen LogP contribution in [-0.4, -0.2) is 75.8 Å². The van der Waals surface area contributed by atoms with Crippen LogP contribution in [0.1, 0.15) is 78.8 Å². The number of nitriles is 1. The Bertz CT molecular complexity index is 2110. The van der Waals surface area contributed by atoms with Gasteiger partial charge in [-0.1, -0.05) is 48.4 Å². The highest BCUT2D eigenvalue weighted by Crippen LogP contribution is 2.38. The summed E-state index contributed by atoms with van der Waals surface area (Å²) in [6.45, 7) is 10.4. The zero-order valence-electron chi connectivity index (χ0n) is 32.9. The number of aromatic nitrogens is 1. The van der Waals surface area contributed by atoms with E-state index < -0.39 is 23.4 Å². The maximum atomic E-state index is 12.1. The molecule has 2 N–H and O–H groups in total. The lowest BCUT2D eigenvalue weighted by Gasteiger charge is -2.36. The lowest BCUT2D eigenvalue weighted by atomic mass is 9.80. The van der Waals surface area contributed by atoms with E-state index in [1.165, 1.54) is 6.20 Å². The minimum Gasteiger partial charge on any atom is -0.493 e. The van der Waals surface area contributed by atoms with Crippen LogP contribution in [0.2, 0.25) is 5.02 Å². The number of halogens is 1. The van der Waals surface area contributed by atoms with Crippen molar-refractivity contribution in [2.24, 2.45) is 5.41 Å². The fourth-order valence-corrected chi connectivity index (χ4v) is 7.96. The van der Waals surface area contributed by atoms with E-state index in [9.17, 15) is 25.1 Å². The number of likely N-dealkylation sites (tertiary alicyclic amines) is 2. The predicted octanol–water partition coefficient (Wildman–Crippen LogP) is 8.44. The first kappa shape index (κ1) is 41.5. The van der Waals surface area contributed by atoms with Crippen LogP contribution in [0.5, 0.6) is 17.2 Å². The van der Waals surface area contributed by atoms with Gasteiger partial charge in [-0.25, -0.2) is 0 Å². The van der Waals surface area contributed by atoms with Gasteiger partial charge in [0.05, 0.1) is 22.6 Å². The summed E-state index contributed by atoms with van der Waals surface area (Å²) < 4.78 is 19.0. The van der Waals surface area contributed by atoms with Crippen LogP contribution in [0.3, 0.4) is 0 Å². The quantitative estimate of drug-likeness (QED) is 0.105. The Morgan fingerprint density at radius 2 is 1.63 bits per heavy atom. The average molecular weight is 795 g/mol. The summed E-state index contributed by atoms with van der Waals surface area (Å²) in [6.07, 6.45) is 7.68. The van der Waals surface area contributed by atoms with Gasteiger partial charge in [0.1, 0.15) is 42.6 Å². The Balaban J connectivity index is 1.14. The molecule has 1 atom stereocenters. The Labute approximate surface area is 339 Å². The SMILES string of the molecule is Cc1c(COc2cc(OCc3cncc(C#N)c3)c(CN3CCCC[C@H]3C(=O)O)cc2Cl)cccc1-c1cccc(OCCCN2CCC(C)(C(=O)O)CC2)c1C. The number of hydrogen-bond donors (Lipinski definition) is 2. The van der Waals surface area contributed by atoms with Crippen LogP contribution in [-0.2, 0) is 29.3 Å². The number of pyridine rings is 1. The van der Waals surface area contributed by atoms with Gasteiger partial charge in [-0.15, -0.1) is 0 Å². The molecule has 2 saturated heterocycles. The van der Waals surface area contributed by atoms with E-state index in [-0.39, 0.29) is 13.2 Å². The van der Waals surface area contributed by atoms with Crippen molar-refractivity contribution in [3.63, 3.8) is 0 Å². The molecular formula is C45H51ClN4O7. The van der Waals surface area contributed by atoms with Gasteiger partial charge in [0, 0.05) is 42.7 Å². The largest absolute Gasteiger partial charge is 0.493 e. The molecule has 4 aromatic rings. The minimum atomic E-state index is -0.840. The second-order valence-corrected chi connectivity index (χ2v) is 15.8. The molecule has 1 aromatic heterocycles. The van der Waals surface area contributed by atoms with Crippen molar-refractivity contribution in [1.82, 2.24) is 14.8 Å². The van der Waals surface area contributed by atoms with Crippen molar-refractivity contribution in [1.29, 1.82) is 5.26 Å². The molecule has 11 nitrogen and oxygen atoms in total. The van der Waals surface area contributed by atoms with Gasteiger partial charge in [0.25, 0.3) is 0 Å². The standard InChI is InChI=1S/C45H51ClN4O7/c1-30-34(9-6-10-36(30)37-11-7-13-40(31(37)2)55-20-8-16-49-18-14-45(3,15-19-49)44(53)54)29-57-42-23-41(56-28-33-21-32(24-47)25-48-26-33)35(22-38(42)46)27-50-17-5-4-12-39(50)43(51)52/h6-7,9-11,13,21-23,25-26,39H,4-5,8,12,14-20,27-29H2,1-3H3,(H,51,52)(H,53,54)/t39-/m0/s1. The summed E-state index contributed by atoms with van der Waals surface area (Å²) in [5.74, 6) is 0.235. The number of piperidine rings is 2. The summed E-state index contributed by atoms with van der Waals surface area (Å²) in [5, 5.41) is 29.2. The fraction of sp³-hybridized carbons (Fsp3) is 0.422. The number of benzene rings is 3. The first-order chi connectivity index (χ1) is 27.5. The summed E-state index contributed by atoms with van der Waals surface area (Å²) in [6, 6.07) is 19.1. The molecule has 2 aliphatic heterocycles. The molecule has 0 unspecified atom stereocenters. The first-order valence-electron chi connectivity index (χ1n) is 19.6. The average Bonchev–Trinajstić information content (AvgIpc) is 3.20. The maximum absolute atomic E-state index is 12.1. The Kier molecular flexibility index (Phi) is 13.7. The van der Waals surface area contributed by atoms with Crippen molar-refractivity contribution in [3.8, 4) is 34.4 Å². The van der Waals surface area contributed by atoms with Gasteiger partial charge in [-0.3, -0.25) is 19.5 Å². The number of carbonyl (C=O) groups is 2. The van der Waals surface area contributed by atoms with Crippen LogP contribution in [0, 0.1) is 30.6 Å². The van der Waals surface area contributed by atoms with Crippen molar-refractivity contribution in [2.45, 2.75) is 85.1 Å². The molecule has 0 bridgehead atoms. The van der Waals surface area contributed by atoms with Crippen molar-refractivity contribution >= 4 is 23.5 Å². The van der Waals surface area contributed by atoms with E-state index in [4.69, 9.17) is 25.8 Å². The summed E-state index contributed by atoms with van der Waals surface area (Å²) in [5.41, 5.74) is 6.51. The van der Waals surface area contributed by atoms with Gasteiger partial charge in [0.15, 0.2) is 0 Å². The molecule has 0 amide bonds. The molecule has 0 saturated carbocycles. The number of ether oxygens (including phenoxy) is 3. The molecule has 12 heteroatoms. The zero-order valence-corrected chi connectivity index (χ0v) is 33.7. The number of carboxylic acids is 2. The first-order valence-corrected chi connectivity index (χ1v) is 20.0. The summed E-state index contributed by atoms with van der Waals surface area (Å²) in [4.78, 5) is 32.1. The summed E-state index contributed by atoms with van der Waals surface area (Å²) >= 11 is 6.87. The highest BCUT2D eigenvalue weighted by atomic mass is 35.5. The number of rotatable bonds is 16. The van der Waals surface area contributed by atoms with Crippen LogP contribution in [0.15, 0.2) is 67.0 Å². The minimum absolute atomic E-state index is 0.148. The topological polar surface area (TPSA) is 145 Å². The molecule has 300 valence electrons. The van der Waals surface area contributed by atoms with Gasteiger partial charge in [-0.05, 0) is 119 Å². The van der Waals surface area contributed by atoms with Crippen molar-refractivity contribution in [3.05, 3.63) is 105 Å². The van der Waals surface area contributed by atoms with Gasteiger partial charge >= 0.3 is 11.9 Å². The highest BCUT2D eigenvalue weighted by Gasteiger charge is 2.36. The Morgan fingerprint density at radius 3 is 2.37 bits per heavy atom. The highest BCUT2D eigenvalue weighted by molar-refractivity contribution is 6.32. The van der Waals surface area contributed by atoms with E-state index in [1.54, 1.807) is 24.4 Å². The maximum Gasteiger partial charge on any atom is 0.320 e. The second-order valence-electron chi connectivity index (χ2n) is 15.4. The lowest BCUT2D eigenvalue weighted by molar-refractivity contribution is -0.150. The van der Waals surface area contributed by atoms with E-state index in [1.807, 2.05) is 36.1 Å². The third kappa shape index (κ3) is 10.2. The normalized spacial score (nSPS) is 17.1. The number of carboxylic acid groups (broad SMARTS) is 2. The van der Waals surface area contributed by atoms with Crippen molar-refractivity contribution in [2.75, 3.05) is 32.8 Å². The molecule has 3 heterocycles. The van der Waals surface area contributed by atoms with E-state index in [0.29, 0.717) is 61.0 Å². The number of aliphatic carboxylic acids is 2. The third-order valence-electron chi connectivity index (χ3n) is 11.5. The number of hydrogen-bond acceptors (Lipinski definition) is 9. The van der Waals surface area contributed by atoms with Gasteiger partial charge < -0.3 is 29.3 Å². The van der Waals surface area contributed by atoms with E-state index in [0.717, 1.165) is 83.6 Å². The van der Waals surface area contributed by atoms with Crippen LogP contribution in [0.25, 0.3) is 11.1 Å². The van der Waals surface area contributed by atoms with Crippen LogP contribution >= 0.6 is 11.6 Å². The second kappa shape index (κ2) is 18.9. The van der Waals surface area contributed by atoms with Gasteiger partial charge in [0.2, 0.25) is 0 Å². The summed E-state index contributed by atoms with van der Waals surface area (Å²) in [7, 11) is 0. The third-order valence-corrected chi connectivity index (χ3v) is 11.8. The van der Waals surface area contributed by atoms with E-state index in [2.05, 4.69) is 41.9 Å². The lowest BCUT2D eigenvalue weighted by Crippen LogP contribution is -2.44. The zero-order chi connectivity index (χ0) is 40.5. The monoisotopic (exact) mass is 794 g/mol. The molecule has 0 aliphatic carbocycles. The molecule has 6 rings (SSSR count). The van der Waals surface area contributed by atoms with Crippen LogP contribution in [0.4, 0.5) is 0 Å². The van der Waals surface area contributed by atoms with E-state index >= 15 is 0 Å². The molecule has 3 aromatic carbocycles. The Hall–Kier alpha value is -5.15. The fourth-order valence-electron chi connectivity index (χ4n) is 7.72. The molecular weight excluding hydrogens is 744 g/mol. The molecule has 2 aliphatic rings. The Morgan fingerprint density at radius 1 is 0.895 bits per heavy atom.